The van der Waals surface area contributed by atoms with Gasteiger partial charge in [0.05, 0.1) is 22.8 Å². The van der Waals surface area contributed by atoms with E-state index >= 15 is 0 Å². The minimum Gasteiger partial charge on any atom is -0.379 e. The lowest BCUT2D eigenvalue weighted by Gasteiger charge is -2.08. The van der Waals surface area contributed by atoms with Gasteiger partial charge in [0.15, 0.2) is 0 Å². The Kier molecular flexibility index (Phi) is 3.56. The average molecular weight is 343 g/mol. The highest BCUT2D eigenvalue weighted by Crippen LogP contribution is 2.24. The lowest BCUT2D eigenvalue weighted by molar-refractivity contribution is 1.08. The zero-order valence-electron chi connectivity index (χ0n) is 12.0. The summed E-state index contributed by atoms with van der Waals surface area (Å²) in [5.74, 6) is 0. The van der Waals surface area contributed by atoms with Crippen LogP contribution in [0.5, 0.6) is 0 Å². The average Bonchev–Trinajstić information content (AvgIpc) is 2.94. The number of aromatic nitrogens is 3. The van der Waals surface area contributed by atoms with Gasteiger partial charge in [0.25, 0.3) is 0 Å². The fourth-order valence-corrected chi connectivity index (χ4v) is 2.90. The first-order chi connectivity index (χ1) is 11.2. The molecule has 4 rings (SSSR count). The molecule has 6 heteroatoms. The van der Waals surface area contributed by atoms with Crippen LogP contribution in [0.15, 0.2) is 55.0 Å². The molecule has 114 valence electrons. The third-order valence-corrected chi connectivity index (χ3v) is 4.09. The Labute approximate surface area is 142 Å². The van der Waals surface area contributed by atoms with E-state index in [2.05, 4.69) is 15.3 Å². The first-order valence-corrected chi connectivity index (χ1v) is 7.86. The van der Waals surface area contributed by atoms with Crippen LogP contribution in [0.2, 0.25) is 10.0 Å². The molecule has 23 heavy (non-hydrogen) atoms. The van der Waals surface area contributed by atoms with E-state index in [-0.39, 0.29) is 0 Å². The molecule has 1 N–H and O–H groups in total. The molecule has 0 unspecified atom stereocenters. The second kappa shape index (κ2) is 5.72. The normalized spacial score (nSPS) is 11.2. The van der Waals surface area contributed by atoms with E-state index in [4.69, 9.17) is 23.2 Å². The second-order valence-electron chi connectivity index (χ2n) is 5.22. The molecule has 0 atom stereocenters. The van der Waals surface area contributed by atoms with Crippen LogP contribution in [0, 0.1) is 0 Å². The SMILES string of the molecule is Clc1ccc2c(NCc3cn4cc(Cl)ccc4n3)ccnc2c1. The van der Waals surface area contributed by atoms with Gasteiger partial charge in [-0.1, -0.05) is 23.2 Å². The Morgan fingerprint density at radius 3 is 2.78 bits per heavy atom. The van der Waals surface area contributed by atoms with E-state index in [1.54, 1.807) is 6.20 Å². The summed E-state index contributed by atoms with van der Waals surface area (Å²) in [7, 11) is 0. The lowest BCUT2D eigenvalue weighted by Crippen LogP contribution is -2.00. The smallest absolute Gasteiger partial charge is 0.137 e. The van der Waals surface area contributed by atoms with Crippen LogP contribution in [-0.2, 0) is 6.54 Å². The molecule has 0 saturated heterocycles. The summed E-state index contributed by atoms with van der Waals surface area (Å²) in [5, 5.41) is 5.80. The zero-order valence-corrected chi connectivity index (χ0v) is 13.5. The van der Waals surface area contributed by atoms with Crippen molar-refractivity contribution in [2.45, 2.75) is 6.54 Å². The van der Waals surface area contributed by atoms with Gasteiger partial charge in [-0.05, 0) is 36.4 Å². The minimum absolute atomic E-state index is 0.612. The van der Waals surface area contributed by atoms with Crippen molar-refractivity contribution in [2.24, 2.45) is 0 Å². The standard InChI is InChI=1S/C17H12Cl2N4/c18-11-1-3-14-15(5-6-20-16(14)7-11)21-8-13-10-23-9-12(19)2-4-17(23)22-13/h1-7,9-10H,8H2,(H,20,21). The number of hydrogen-bond acceptors (Lipinski definition) is 3. The number of hydrogen-bond donors (Lipinski definition) is 1. The van der Waals surface area contributed by atoms with Crippen LogP contribution in [0.3, 0.4) is 0 Å². The Morgan fingerprint density at radius 2 is 1.87 bits per heavy atom. The van der Waals surface area contributed by atoms with Crippen molar-refractivity contribution in [2.75, 3.05) is 5.32 Å². The van der Waals surface area contributed by atoms with Gasteiger partial charge < -0.3 is 9.72 Å². The largest absolute Gasteiger partial charge is 0.379 e. The highest BCUT2D eigenvalue weighted by Gasteiger charge is 2.05. The third kappa shape index (κ3) is 2.83. The summed E-state index contributed by atoms with van der Waals surface area (Å²) in [5.41, 5.74) is 3.68. The molecule has 4 nitrogen and oxygen atoms in total. The first-order valence-electron chi connectivity index (χ1n) is 7.10. The number of nitrogens with one attached hydrogen (secondary N) is 1. The number of rotatable bonds is 3. The predicted octanol–water partition coefficient (Wildman–Crippen LogP) is 4.80. The van der Waals surface area contributed by atoms with Crippen LogP contribution in [0.4, 0.5) is 5.69 Å². The van der Waals surface area contributed by atoms with Gasteiger partial charge in [0, 0.05) is 34.7 Å². The van der Waals surface area contributed by atoms with Crippen molar-refractivity contribution < 1.29 is 0 Å². The van der Waals surface area contributed by atoms with Crippen molar-refractivity contribution in [1.29, 1.82) is 0 Å². The highest BCUT2D eigenvalue weighted by molar-refractivity contribution is 6.31. The van der Waals surface area contributed by atoms with Gasteiger partial charge >= 0.3 is 0 Å². The van der Waals surface area contributed by atoms with Gasteiger partial charge in [0.1, 0.15) is 5.65 Å². The third-order valence-electron chi connectivity index (χ3n) is 3.63. The maximum Gasteiger partial charge on any atom is 0.137 e. The number of anilines is 1. The van der Waals surface area contributed by atoms with E-state index in [0.717, 1.165) is 27.9 Å². The quantitative estimate of drug-likeness (QED) is 0.581. The molecule has 0 radical (unpaired) electrons. The molecular formula is C17H12Cl2N4. The molecule has 3 heterocycles. The van der Waals surface area contributed by atoms with Gasteiger partial charge in [-0.2, -0.15) is 0 Å². The van der Waals surface area contributed by atoms with Gasteiger partial charge in [-0.25, -0.2) is 4.98 Å². The minimum atomic E-state index is 0.612. The second-order valence-corrected chi connectivity index (χ2v) is 6.09. The fraction of sp³-hybridized carbons (Fsp3) is 0.0588. The number of imidazole rings is 1. The van der Waals surface area contributed by atoms with Crippen LogP contribution < -0.4 is 5.32 Å². The molecule has 0 fully saturated rings. The van der Waals surface area contributed by atoms with E-state index in [1.165, 1.54) is 0 Å². The fourth-order valence-electron chi connectivity index (χ4n) is 2.56. The Morgan fingerprint density at radius 1 is 1.00 bits per heavy atom. The summed E-state index contributed by atoms with van der Waals surface area (Å²) in [6.45, 7) is 0.612. The Hall–Kier alpha value is -2.30. The molecule has 0 amide bonds. The van der Waals surface area contributed by atoms with Gasteiger partial charge in [0.2, 0.25) is 0 Å². The predicted molar refractivity (Wildman–Crippen MR) is 94.3 cm³/mol. The van der Waals surface area contributed by atoms with Crippen molar-refractivity contribution in [1.82, 2.24) is 14.4 Å². The molecule has 0 spiro atoms. The van der Waals surface area contributed by atoms with Crippen LogP contribution in [-0.4, -0.2) is 14.4 Å². The summed E-state index contributed by atoms with van der Waals surface area (Å²) >= 11 is 12.0. The van der Waals surface area contributed by atoms with E-state index in [9.17, 15) is 0 Å². The molecule has 0 bridgehead atoms. The molecule has 4 aromatic rings. The number of halogens is 2. The number of benzene rings is 1. The summed E-state index contributed by atoms with van der Waals surface area (Å²) in [4.78, 5) is 8.91. The molecular weight excluding hydrogens is 331 g/mol. The van der Waals surface area contributed by atoms with Crippen molar-refractivity contribution in [3.05, 3.63) is 70.7 Å². The van der Waals surface area contributed by atoms with E-state index in [1.807, 2.05) is 53.2 Å². The maximum absolute atomic E-state index is 6.02. The molecule has 3 aromatic heterocycles. The Bertz CT molecular complexity index is 1010. The monoisotopic (exact) mass is 342 g/mol. The maximum atomic E-state index is 6.02. The Balaban J connectivity index is 1.63. The lowest BCUT2D eigenvalue weighted by atomic mass is 10.2. The summed E-state index contributed by atoms with van der Waals surface area (Å²) < 4.78 is 1.92. The van der Waals surface area contributed by atoms with E-state index in [0.29, 0.717) is 16.6 Å². The number of pyridine rings is 2. The van der Waals surface area contributed by atoms with Crippen molar-refractivity contribution in [3.8, 4) is 0 Å². The summed E-state index contributed by atoms with van der Waals surface area (Å²) in [6, 6.07) is 11.4. The van der Waals surface area contributed by atoms with E-state index < -0.39 is 0 Å². The van der Waals surface area contributed by atoms with Gasteiger partial charge in [-0.3, -0.25) is 4.98 Å². The topological polar surface area (TPSA) is 42.2 Å². The van der Waals surface area contributed by atoms with Crippen LogP contribution >= 0.6 is 23.2 Å². The molecule has 0 aliphatic rings. The summed E-state index contributed by atoms with van der Waals surface area (Å²) in [6.07, 6.45) is 5.58. The molecule has 0 aliphatic carbocycles. The first kappa shape index (κ1) is 14.3. The number of fused-ring (bicyclic) bond motifs is 2. The highest BCUT2D eigenvalue weighted by atomic mass is 35.5. The van der Waals surface area contributed by atoms with Gasteiger partial charge in [-0.15, -0.1) is 0 Å². The molecule has 0 aliphatic heterocycles. The zero-order chi connectivity index (χ0) is 15.8. The van der Waals surface area contributed by atoms with Crippen molar-refractivity contribution in [3.63, 3.8) is 0 Å². The van der Waals surface area contributed by atoms with Crippen LogP contribution in [0.1, 0.15) is 5.69 Å². The molecule has 0 saturated carbocycles. The molecule has 1 aromatic carbocycles. The van der Waals surface area contributed by atoms with Crippen molar-refractivity contribution >= 4 is 45.4 Å². The number of nitrogens with zero attached hydrogens (tertiary/aromatic N) is 3. The van der Waals surface area contributed by atoms with Crippen LogP contribution in [0.25, 0.3) is 16.6 Å².